The number of hydrogen-bond donors (Lipinski definition) is 0. The summed E-state index contributed by atoms with van der Waals surface area (Å²) in [4.78, 5) is 2.61. The van der Waals surface area contributed by atoms with E-state index in [1.54, 1.807) is 0 Å². The Bertz CT molecular complexity index is 2630. The average molecular weight is 755 g/mol. The Morgan fingerprint density at radius 1 is 0.341 bits per heavy atom. The third-order valence-corrected chi connectivity index (χ3v) is 16.4. The molecule has 10 rings (SSSR count). The maximum absolute atomic E-state index is 2.61. The first-order valence-corrected chi connectivity index (χ1v) is 19.9. The van der Waals surface area contributed by atoms with Gasteiger partial charge in [0.05, 0.1) is 0 Å². The Morgan fingerprint density at radius 3 is 1.52 bits per heavy atom. The van der Waals surface area contributed by atoms with Crippen LogP contribution in [-0.4, -0.2) is 43.5 Å². The fourth-order valence-corrected chi connectivity index (χ4v) is 14.6. The Kier molecular flexibility index (Phi) is 5.69. The second-order valence-electron chi connectivity index (χ2n) is 11.3. The van der Waals surface area contributed by atoms with Gasteiger partial charge in [-0.15, -0.1) is 0 Å². The number of rotatable bonds is 3. The van der Waals surface area contributed by atoms with Gasteiger partial charge in [-0.25, -0.2) is 0 Å². The number of anilines is 3. The molecule has 0 bridgehead atoms. The van der Waals surface area contributed by atoms with Gasteiger partial charge in [0.2, 0.25) is 0 Å². The van der Waals surface area contributed by atoms with Gasteiger partial charge < -0.3 is 0 Å². The van der Waals surface area contributed by atoms with Crippen LogP contribution in [0.1, 0.15) is 0 Å². The first-order valence-electron chi connectivity index (χ1n) is 14.8. The SMILES string of the molecule is c1ccc2c(c1)ccc1c3ccc(N(c4cccc5c4[se]c4ccccc45)c4cccc5c4[se]c4ccccc45)cc3[se]c21. The summed E-state index contributed by atoms with van der Waals surface area (Å²) in [5, 5.41) is 11.2. The quantitative estimate of drug-likeness (QED) is 0.162. The van der Waals surface area contributed by atoms with Gasteiger partial charge in [0, 0.05) is 0 Å². The van der Waals surface area contributed by atoms with E-state index in [1.165, 1.54) is 85.7 Å². The van der Waals surface area contributed by atoms with Crippen LogP contribution in [0.15, 0.2) is 140 Å². The molecule has 44 heavy (non-hydrogen) atoms. The standard InChI is InChI=1S/C40H23NSe3/c1-2-10-26-24(9-1)19-21-32-29-22-20-25(23-37(29)44-38(26)32)41(33-15-7-13-30-27-11-3-5-17-35(27)42-39(30)33)34-16-8-14-31-28-12-4-6-18-36(28)43-40(31)34/h1-23H. The van der Waals surface area contributed by atoms with E-state index in [0.29, 0.717) is 0 Å². The Balaban J connectivity index is 1.29. The molecular weight excluding hydrogens is 731 g/mol. The van der Waals surface area contributed by atoms with Crippen molar-refractivity contribution in [1.29, 1.82) is 0 Å². The van der Waals surface area contributed by atoms with Crippen LogP contribution in [0.4, 0.5) is 17.1 Å². The molecular formula is C40H23NSe3. The third-order valence-electron chi connectivity index (χ3n) is 8.85. The summed E-state index contributed by atoms with van der Waals surface area (Å²) in [5.74, 6) is 0. The van der Waals surface area contributed by atoms with Crippen molar-refractivity contribution in [3.05, 3.63) is 140 Å². The summed E-state index contributed by atoms with van der Waals surface area (Å²) >= 11 is 0.760. The van der Waals surface area contributed by atoms with E-state index < -0.39 is 0 Å². The summed E-state index contributed by atoms with van der Waals surface area (Å²) in [6.45, 7) is 0. The molecule has 1 nitrogen and oxygen atoms in total. The second kappa shape index (κ2) is 9.83. The van der Waals surface area contributed by atoms with Gasteiger partial charge in [-0.3, -0.25) is 0 Å². The van der Waals surface area contributed by atoms with Crippen molar-refractivity contribution >= 4 is 129 Å². The van der Waals surface area contributed by atoms with Crippen molar-refractivity contribution in [3.63, 3.8) is 0 Å². The molecule has 10 aromatic rings. The summed E-state index contributed by atoms with van der Waals surface area (Å²) in [6, 6.07) is 52.7. The molecule has 0 saturated carbocycles. The van der Waals surface area contributed by atoms with Crippen LogP contribution in [0, 0.1) is 0 Å². The van der Waals surface area contributed by atoms with E-state index in [9.17, 15) is 0 Å². The van der Waals surface area contributed by atoms with Gasteiger partial charge in [-0.2, -0.15) is 0 Å². The molecule has 0 unspecified atom stereocenters. The molecule has 0 spiro atoms. The van der Waals surface area contributed by atoms with E-state index >= 15 is 0 Å². The molecule has 0 aliphatic rings. The van der Waals surface area contributed by atoms with Crippen LogP contribution >= 0.6 is 0 Å². The molecule has 4 heteroatoms. The molecule has 7 aromatic carbocycles. The normalized spacial score (nSPS) is 12.1. The van der Waals surface area contributed by atoms with E-state index in [-0.39, 0.29) is 43.5 Å². The molecule has 0 amide bonds. The van der Waals surface area contributed by atoms with Crippen molar-refractivity contribution in [2.24, 2.45) is 0 Å². The van der Waals surface area contributed by atoms with Gasteiger partial charge in [0.15, 0.2) is 0 Å². The van der Waals surface area contributed by atoms with Gasteiger partial charge in [0.25, 0.3) is 0 Å². The first kappa shape index (κ1) is 25.5. The van der Waals surface area contributed by atoms with Crippen molar-refractivity contribution in [3.8, 4) is 0 Å². The van der Waals surface area contributed by atoms with Gasteiger partial charge >= 0.3 is 274 Å². The van der Waals surface area contributed by atoms with E-state index in [4.69, 9.17) is 0 Å². The Labute approximate surface area is 271 Å². The zero-order valence-corrected chi connectivity index (χ0v) is 28.6. The number of fused-ring (bicyclic) bond motifs is 11. The van der Waals surface area contributed by atoms with Crippen LogP contribution in [-0.2, 0) is 0 Å². The Hall–Kier alpha value is -3.84. The minimum atomic E-state index is 0.253. The van der Waals surface area contributed by atoms with E-state index in [0.717, 1.165) is 0 Å². The fourth-order valence-electron chi connectivity index (χ4n) is 6.86. The summed E-state index contributed by atoms with van der Waals surface area (Å²) in [6.07, 6.45) is 0. The van der Waals surface area contributed by atoms with E-state index in [2.05, 4.69) is 144 Å². The number of hydrogen-bond acceptors (Lipinski definition) is 1. The van der Waals surface area contributed by atoms with Gasteiger partial charge in [-0.05, 0) is 0 Å². The van der Waals surface area contributed by atoms with Crippen LogP contribution in [0.5, 0.6) is 0 Å². The minimum absolute atomic E-state index is 0.253. The maximum atomic E-state index is 2.61. The Morgan fingerprint density at radius 2 is 0.841 bits per heavy atom. The molecule has 0 aliphatic heterocycles. The summed E-state index contributed by atoms with van der Waals surface area (Å²) in [5.41, 5.74) is 3.92. The van der Waals surface area contributed by atoms with Gasteiger partial charge in [-0.1, -0.05) is 0 Å². The number of benzene rings is 7. The molecule has 3 aromatic heterocycles. The zero-order chi connectivity index (χ0) is 28.8. The molecule has 0 N–H and O–H groups in total. The first-order chi connectivity index (χ1) is 21.8. The second-order valence-corrected chi connectivity index (χ2v) is 17.9. The van der Waals surface area contributed by atoms with Crippen LogP contribution in [0.25, 0.3) is 68.7 Å². The van der Waals surface area contributed by atoms with Gasteiger partial charge in [0.1, 0.15) is 0 Å². The third kappa shape index (κ3) is 3.71. The topological polar surface area (TPSA) is 3.24 Å². The monoisotopic (exact) mass is 757 g/mol. The average Bonchev–Trinajstić information content (AvgIpc) is 3.77. The molecule has 0 radical (unpaired) electrons. The van der Waals surface area contributed by atoms with Crippen LogP contribution in [0.3, 0.4) is 0 Å². The zero-order valence-electron chi connectivity index (χ0n) is 23.5. The van der Waals surface area contributed by atoms with Crippen molar-refractivity contribution in [2.45, 2.75) is 0 Å². The molecule has 0 atom stereocenters. The van der Waals surface area contributed by atoms with Crippen molar-refractivity contribution < 1.29 is 0 Å². The van der Waals surface area contributed by atoms with Crippen molar-refractivity contribution in [2.75, 3.05) is 4.90 Å². The van der Waals surface area contributed by atoms with Crippen LogP contribution in [0.2, 0.25) is 0 Å². The molecule has 0 fully saturated rings. The van der Waals surface area contributed by atoms with Crippen molar-refractivity contribution in [1.82, 2.24) is 0 Å². The molecule has 0 aliphatic carbocycles. The predicted molar refractivity (Wildman–Crippen MR) is 194 cm³/mol. The predicted octanol–water partition coefficient (Wildman–Crippen LogP) is 10.4. The summed E-state index contributed by atoms with van der Waals surface area (Å²) in [7, 11) is 0. The van der Waals surface area contributed by atoms with Crippen LogP contribution < -0.4 is 4.90 Å². The molecule has 206 valence electrons. The van der Waals surface area contributed by atoms with E-state index in [1.807, 2.05) is 0 Å². The molecule has 0 saturated heterocycles. The summed E-state index contributed by atoms with van der Waals surface area (Å²) < 4.78 is 8.94. The molecule has 3 heterocycles. The fraction of sp³-hybridized carbons (Fsp3) is 0. The number of nitrogens with zero attached hydrogens (tertiary/aromatic N) is 1.